The molecule has 1 unspecified atom stereocenters. The summed E-state index contributed by atoms with van der Waals surface area (Å²) >= 11 is 0. The number of amides is 1. The van der Waals surface area contributed by atoms with Crippen LogP contribution >= 0.6 is 0 Å². The van der Waals surface area contributed by atoms with Crippen molar-refractivity contribution in [3.8, 4) is 11.5 Å². The topological polar surface area (TPSA) is 105 Å². The predicted octanol–water partition coefficient (Wildman–Crippen LogP) is 1.92. The molecule has 1 atom stereocenters. The number of ether oxygens (including phenoxy) is 2. The van der Waals surface area contributed by atoms with E-state index in [2.05, 4.69) is 5.32 Å². The van der Waals surface area contributed by atoms with Gasteiger partial charge in [0.05, 0.1) is 7.11 Å². The Balaban J connectivity index is 2.86. The largest absolute Gasteiger partial charge is 0.504 e. The van der Waals surface area contributed by atoms with Crippen LogP contribution in [0.2, 0.25) is 0 Å². The molecule has 1 amide bonds. The normalized spacial score (nSPS) is 12.4. The highest BCUT2D eigenvalue weighted by Gasteiger charge is 2.25. The van der Waals surface area contributed by atoms with Crippen molar-refractivity contribution in [2.75, 3.05) is 7.11 Å². The average Bonchev–Trinajstić information content (AvgIpc) is 2.37. The van der Waals surface area contributed by atoms with Gasteiger partial charge in [0.1, 0.15) is 11.6 Å². The summed E-state index contributed by atoms with van der Waals surface area (Å²) in [6, 6.07) is 3.51. The highest BCUT2D eigenvalue weighted by molar-refractivity contribution is 5.80. The van der Waals surface area contributed by atoms with Crippen LogP contribution in [-0.2, 0) is 16.0 Å². The second kappa shape index (κ2) is 7.02. The van der Waals surface area contributed by atoms with E-state index in [0.717, 1.165) is 0 Å². The Morgan fingerprint density at radius 1 is 1.32 bits per heavy atom. The van der Waals surface area contributed by atoms with Crippen LogP contribution in [0.25, 0.3) is 0 Å². The number of carbonyl (C=O) groups is 2. The van der Waals surface area contributed by atoms with Gasteiger partial charge >= 0.3 is 12.1 Å². The SMILES string of the molecule is COc1cccc(CC(NC(=O)OC(C)(C)C)C(=O)O)c1O. The first kappa shape index (κ1) is 17.6. The second-order valence-corrected chi connectivity index (χ2v) is 5.71. The van der Waals surface area contributed by atoms with E-state index in [1.165, 1.54) is 7.11 Å². The summed E-state index contributed by atoms with van der Waals surface area (Å²) in [4.78, 5) is 23.0. The summed E-state index contributed by atoms with van der Waals surface area (Å²) in [5, 5.41) is 21.5. The lowest BCUT2D eigenvalue weighted by Crippen LogP contribution is -2.44. The molecular weight excluding hydrogens is 290 g/mol. The fourth-order valence-corrected chi connectivity index (χ4v) is 1.77. The van der Waals surface area contributed by atoms with Crippen LogP contribution in [-0.4, -0.2) is 41.0 Å². The van der Waals surface area contributed by atoms with Crippen LogP contribution in [0.4, 0.5) is 4.79 Å². The van der Waals surface area contributed by atoms with E-state index >= 15 is 0 Å². The standard InChI is InChI=1S/C15H21NO6/c1-15(2,3)22-14(20)16-10(13(18)19)8-9-6-5-7-11(21-4)12(9)17/h5-7,10,17H,8H2,1-4H3,(H,16,20)(H,18,19). The van der Waals surface area contributed by atoms with Crippen LogP contribution in [0.5, 0.6) is 11.5 Å². The number of methoxy groups -OCH3 is 1. The minimum Gasteiger partial charge on any atom is -0.504 e. The van der Waals surface area contributed by atoms with Gasteiger partial charge in [-0.3, -0.25) is 0 Å². The van der Waals surface area contributed by atoms with E-state index in [4.69, 9.17) is 9.47 Å². The van der Waals surface area contributed by atoms with Crippen molar-refractivity contribution >= 4 is 12.1 Å². The smallest absolute Gasteiger partial charge is 0.408 e. The van der Waals surface area contributed by atoms with Crippen molar-refractivity contribution < 1.29 is 29.3 Å². The molecule has 1 aromatic carbocycles. The average molecular weight is 311 g/mol. The zero-order valence-corrected chi connectivity index (χ0v) is 13.0. The molecule has 7 heteroatoms. The number of rotatable bonds is 5. The zero-order valence-electron chi connectivity index (χ0n) is 13.0. The lowest BCUT2D eigenvalue weighted by molar-refractivity contribution is -0.139. The molecule has 3 N–H and O–H groups in total. The summed E-state index contributed by atoms with van der Waals surface area (Å²) < 4.78 is 10.00. The number of para-hydroxylation sites is 1. The van der Waals surface area contributed by atoms with Crippen LogP contribution in [0.3, 0.4) is 0 Å². The predicted molar refractivity (Wildman–Crippen MR) is 79.2 cm³/mol. The van der Waals surface area contributed by atoms with Gasteiger partial charge in [-0.25, -0.2) is 9.59 Å². The maximum absolute atomic E-state index is 11.7. The Bertz CT molecular complexity index is 549. The number of nitrogens with one attached hydrogen (secondary N) is 1. The molecule has 0 saturated heterocycles. The van der Waals surface area contributed by atoms with Crippen molar-refractivity contribution in [1.29, 1.82) is 0 Å². The second-order valence-electron chi connectivity index (χ2n) is 5.71. The number of carboxylic acids is 1. The molecule has 22 heavy (non-hydrogen) atoms. The summed E-state index contributed by atoms with van der Waals surface area (Å²) in [6.45, 7) is 5.03. The zero-order chi connectivity index (χ0) is 16.9. The highest BCUT2D eigenvalue weighted by Crippen LogP contribution is 2.30. The van der Waals surface area contributed by atoms with E-state index in [0.29, 0.717) is 5.56 Å². The van der Waals surface area contributed by atoms with Crippen LogP contribution in [0.1, 0.15) is 26.3 Å². The number of aromatic hydroxyl groups is 1. The van der Waals surface area contributed by atoms with Gasteiger partial charge in [0.25, 0.3) is 0 Å². The van der Waals surface area contributed by atoms with Gasteiger partial charge in [-0.1, -0.05) is 12.1 Å². The van der Waals surface area contributed by atoms with E-state index < -0.39 is 23.7 Å². The van der Waals surface area contributed by atoms with Crippen molar-refractivity contribution in [2.24, 2.45) is 0 Å². The van der Waals surface area contributed by atoms with Crippen LogP contribution in [0.15, 0.2) is 18.2 Å². The van der Waals surface area contributed by atoms with Crippen molar-refractivity contribution in [1.82, 2.24) is 5.32 Å². The molecule has 1 rings (SSSR count). The van der Waals surface area contributed by atoms with Gasteiger partial charge in [-0.05, 0) is 26.8 Å². The van der Waals surface area contributed by atoms with Gasteiger partial charge in [-0.2, -0.15) is 0 Å². The first-order valence-electron chi connectivity index (χ1n) is 6.71. The molecule has 0 heterocycles. The number of carboxylic acid groups (broad SMARTS) is 1. The van der Waals surface area contributed by atoms with E-state index in [1.807, 2.05) is 0 Å². The molecule has 0 aliphatic carbocycles. The Hall–Kier alpha value is -2.44. The number of alkyl carbamates (subject to hydrolysis) is 1. The fraction of sp³-hybridized carbons (Fsp3) is 0.467. The summed E-state index contributed by atoms with van der Waals surface area (Å²) in [7, 11) is 1.40. The fourth-order valence-electron chi connectivity index (χ4n) is 1.77. The van der Waals surface area contributed by atoms with Crippen LogP contribution in [0, 0.1) is 0 Å². The molecular formula is C15H21NO6. The van der Waals surface area contributed by atoms with E-state index in [9.17, 15) is 19.8 Å². The first-order valence-corrected chi connectivity index (χ1v) is 6.71. The molecule has 122 valence electrons. The number of phenolic OH excluding ortho intramolecular Hbond substituents is 1. The monoisotopic (exact) mass is 311 g/mol. The van der Waals surface area contributed by atoms with Gasteiger partial charge in [0, 0.05) is 12.0 Å². The maximum atomic E-state index is 11.7. The molecule has 0 aliphatic heterocycles. The third-order valence-electron chi connectivity index (χ3n) is 2.72. The Labute approximate surface area is 128 Å². The minimum absolute atomic E-state index is 0.0996. The number of aliphatic carboxylic acids is 1. The molecule has 0 aromatic heterocycles. The first-order chi connectivity index (χ1) is 10.1. The molecule has 1 aromatic rings. The quantitative estimate of drug-likeness (QED) is 0.767. The van der Waals surface area contributed by atoms with E-state index in [-0.39, 0.29) is 17.9 Å². The Morgan fingerprint density at radius 3 is 2.45 bits per heavy atom. The van der Waals surface area contributed by atoms with Crippen molar-refractivity contribution in [3.05, 3.63) is 23.8 Å². The lowest BCUT2D eigenvalue weighted by atomic mass is 10.0. The minimum atomic E-state index is -1.23. The van der Waals surface area contributed by atoms with Crippen molar-refractivity contribution in [3.63, 3.8) is 0 Å². The lowest BCUT2D eigenvalue weighted by Gasteiger charge is -2.22. The molecule has 0 bridgehead atoms. The van der Waals surface area contributed by atoms with Crippen LogP contribution < -0.4 is 10.1 Å². The summed E-state index contributed by atoms with van der Waals surface area (Å²) in [6.07, 6.45) is -0.931. The number of phenols is 1. The third-order valence-corrected chi connectivity index (χ3v) is 2.72. The summed E-state index contributed by atoms with van der Waals surface area (Å²) in [5.74, 6) is -1.14. The van der Waals surface area contributed by atoms with Gasteiger partial charge in [0.2, 0.25) is 0 Å². The number of carbonyl (C=O) groups excluding carboxylic acids is 1. The number of benzene rings is 1. The third kappa shape index (κ3) is 5.16. The Kier molecular flexibility index (Phi) is 5.62. The number of hydrogen-bond acceptors (Lipinski definition) is 5. The summed E-state index contributed by atoms with van der Waals surface area (Å²) in [5.41, 5.74) is -0.381. The van der Waals surface area contributed by atoms with Gasteiger partial charge in [0.15, 0.2) is 11.5 Å². The molecule has 7 nitrogen and oxygen atoms in total. The van der Waals surface area contributed by atoms with E-state index in [1.54, 1.807) is 39.0 Å². The number of hydrogen-bond donors (Lipinski definition) is 3. The molecule has 0 spiro atoms. The van der Waals surface area contributed by atoms with Crippen molar-refractivity contribution in [2.45, 2.75) is 38.8 Å². The van der Waals surface area contributed by atoms with Gasteiger partial charge in [-0.15, -0.1) is 0 Å². The molecule has 0 aliphatic rings. The molecule has 0 fully saturated rings. The molecule has 0 saturated carbocycles. The Morgan fingerprint density at radius 2 is 1.95 bits per heavy atom. The highest BCUT2D eigenvalue weighted by atomic mass is 16.6. The van der Waals surface area contributed by atoms with Gasteiger partial charge < -0.3 is 25.0 Å². The maximum Gasteiger partial charge on any atom is 0.408 e. The molecule has 0 radical (unpaired) electrons.